The maximum atomic E-state index is 13.0. The van der Waals surface area contributed by atoms with Crippen LogP contribution in [0.2, 0.25) is 0 Å². The summed E-state index contributed by atoms with van der Waals surface area (Å²) in [5.41, 5.74) is 2.86. The Morgan fingerprint density at radius 3 is 2.70 bits per heavy atom. The number of pyridine rings is 1. The average molecular weight is 462 g/mol. The summed E-state index contributed by atoms with van der Waals surface area (Å²) in [5.74, 6) is 0.668. The number of aryl methyl sites for hydroxylation is 1. The van der Waals surface area contributed by atoms with E-state index in [0.717, 1.165) is 29.1 Å². The molecule has 0 atom stereocenters. The predicted molar refractivity (Wildman–Crippen MR) is 124 cm³/mol. The summed E-state index contributed by atoms with van der Waals surface area (Å²) in [5, 5.41) is 10.1. The highest BCUT2D eigenvalue weighted by molar-refractivity contribution is 7.10. The van der Waals surface area contributed by atoms with Crippen LogP contribution in [0.25, 0.3) is 22.6 Å². The van der Waals surface area contributed by atoms with Gasteiger partial charge in [0.2, 0.25) is 11.7 Å². The zero-order valence-electron chi connectivity index (χ0n) is 18.2. The molecular formula is C24H23N5O3S. The fourth-order valence-electron chi connectivity index (χ4n) is 3.94. The van der Waals surface area contributed by atoms with Crippen molar-refractivity contribution in [1.82, 2.24) is 25.4 Å². The van der Waals surface area contributed by atoms with Crippen LogP contribution in [0.15, 0.2) is 58.7 Å². The molecule has 0 unspecified atom stereocenters. The van der Waals surface area contributed by atoms with Crippen molar-refractivity contribution in [2.45, 2.75) is 25.2 Å². The Labute approximate surface area is 195 Å². The molecule has 168 valence electrons. The molecule has 1 aromatic carbocycles. The molecule has 1 saturated heterocycles. The molecule has 9 heteroatoms. The van der Waals surface area contributed by atoms with Crippen LogP contribution < -0.4 is 5.32 Å². The van der Waals surface area contributed by atoms with E-state index >= 15 is 0 Å². The van der Waals surface area contributed by atoms with Gasteiger partial charge in [0.25, 0.3) is 5.91 Å². The molecule has 1 aliphatic heterocycles. The van der Waals surface area contributed by atoms with Crippen LogP contribution in [0.1, 0.15) is 34.1 Å². The van der Waals surface area contributed by atoms with Crippen molar-refractivity contribution in [1.29, 1.82) is 0 Å². The zero-order valence-corrected chi connectivity index (χ0v) is 19.0. The second-order valence-electron chi connectivity index (χ2n) is 8.08. The maximum Gasteiger partial charge on any atom is 0.252 e. The van der Waals surface area contributed by atoms with Gasteiger partial charge < -0.3 is 14.6 Å². The Kier molecular flexibility index (Phi) is 5.97. The van der Waals surface area contributed by atoms with Gasteiger partial charge in [-0.2, -0.15) is 4.98 Å². The molecule has 8 nitrogen and oxygen atoms in total. The summed E-state index contributed by atoms with van der Waals surface area (Å²) < 4.78 is 10.7. The molecule has 0 saturated carbocycles. The van der Waals surface area contributed by atoms with Crippen molar-refractivity contribution < 1.29 is 14.1 Å². The van der Waals surface area contributed by atoms with E-state index in [1.807, 2.05) is 18.2 Å². The summed E-state index contributed by atoms with van der Waals surface area (Å²) >= 11 is 1.64. The molecule has 1 N–H and O–H groups in total. The highest BCUT2D eigenvalue weighted by Gasteiger charge is 2.38. The number of amides is 1. The second-order valence-corrected chi connectivity index (χ2v) is 8.94. The number of ether oxygens (including phenoxy) is 1. The van der Waals surface area contributed by atoms with Crippen LogP contribution >= 0.6 is 11.3 Å². The number of benzene rings is 1. The van der Waals surface area contributed by atoms with Crippen molar-refractivity contribution >= 4 is 17.2 Å². The van der Waals surface area contributed by atoms with Crippen molar-refractivity contribution in [3.63, 3.8) is 0 Å². The van der Waals surface area contributed by atoms with E-state index < -0.39 is 0 Å². The van der Waals surface area contributed by atoms with Gasteiger partial charge in [-0.1, -0.05) is 35.5 Å². The fraction of sp³-hybridized carbons (Fsp3) is 0.292. The minimum atomic E-state index is -0.262. The van der Waals surface area contributed by atoms with Crippen molar-refractivity contribution in [3.05, 3.63) is 70.6 Å². The first-order valence-corrected chi connectivity index (χ1v) is 11.6. The molecule has 5 rings (SSSR count). The van der Waals surface area contributed by atoms with E-state index in [0.29, 0.717) is 42.6 Å². The van der Waals surface area contributed by atoms with Gasteiger partial charge >= 0.3 is 0 Å². The first kappa shape index (κ1) is 21.4. The third-order valence-electron chi connectivity index (χ3n) is 5.85. The fourth-order valence-corrected chi connectivity index (χ4v) is 5.03. The molecule has 0 spiro atoms. The minimum Gasteiger partial charge on any atom is -0.381 e. The standard InChI is InChI=1S/C24H23N5O3S/c1-16-27-21(29-32-16)18-11-19(13-25-12-18)22(30)26-15-24(7-9-31-10-8-24)23-28-20(14-33-23)17-5-3-2-4-6-17/h2-6,11-14H,7-10,15H2,1H3,(H,26,30). The largest absolute Gasteiger partial charge is 0.381 e. The van der Waals surface area contributed by atoms with Gasteiger partial charge in [-0.25, -0.2) is 4.98 Å². The minimum absolute atomic E-state index is 0.199. The molecule has 0 bridgehead atoms. The molecule has 4 aromatic rings. The van der Waals surface area contributed by atoms with E-state index in [2.05, 4.69) is 38.0 Å². The normalized spacial score (nSPS) is 15.3. The van der Waals surface area contributed by atoms with Crippen LogP contribution in [-0.4, -0.2) is 45.8 Å². The molecular weight excluding hydrogens is 438 g/mol. The lowest BCUT2D eigenvalue weighted by molar-refractivity contribution is 0.0486. The summed E-state index contributed by atoms with van der Waals surface area (Å²) in [6.45, 7) is 3.48. The predicted octanol–water partition coefficient (Wildman–Crippen LogP) is 4.04. The Morgan fingerprint density at radius 1 is 1.12 bits per heavy atom. The molecule has 1 amide bonds. The van der Waals surface area contributed by atoms with E-state index in [-0.39, 0.29) is 11.3 Å². The smallest absolute Gasteiger partial charge is 0.252 e. The SMILES string of the molecule is Cc1nc(-c2cncc(C(=O)NCC3(c4nc(-c5ccccc5)cs4)CCOCC3)c2)no1. The summed E-state index contributed by atoms with van der Waals surface area (Å²) in [6.07, 6.45) is 4.76. The highest BCUT2D eigenvalue weighted by Crippen LogP contribution is 2.38. The van der Waals surface area contributed by atoms with E-state index in [1.54, 1.807) is 36.7 Å². The van der Waals surface area contributed by atoms with Gasteiger partial charge in [-0.3, -0.25) is 9.78 Å². The van der Waals surface area contributed by atoms with Gasteiger partial charge in [0.05, 0.1) is 11.3 Å². The van der Waals surface area contributed by atoms with Crippen LogP contribution in [0, 0.1) is 6.92 Å². The molecule has 0 radical (unpaired) electrons. The lowest BCUT2D eigenvalue weighted by Gasteiger charge is -2.35. The van der Waals surface area contributed by atoms with Crippen molar-refractivity contribution in [2.75, 3.05) is 19.8 Å². The number of aromatic nitrogens is 4. The van der Waals surface area contributed by atoms with E-state index in [4.69, 9.17) is 14.2 Å². The van der Waals surface area contributed by atoms with Crippen LogP contribution in [0.3, 0.4) is 0 Å². The van der Waals surface area contributed by atoms with Gasteiger partial charge in [-0.05, 0) is 18.9 Å². The number of nitrogens with one attached hydrogen (secondary N) is 1. The first-order valence-electron chi connectivity index (χ1n) is 10.8. The van der Waals surface area contributed by atoms with Gasteiger partial charge in [0.1, 0.15) is 5.01 Å². The number of carbonyl (C=O) groups is 1. The Hall–Kier alpha value is -3.43. The number of carbonyl (C=O) groups excluding carboxylic acids is 1. The average Bonchev–Trinajstić information content (AvgIpc) is 3.54. The van der Waals surface area contributed by atoms with E-state index in [1.165, 1.54) is 0 Å². The number of thiazole rings is 1. The Bertz CT molecular complexity index is 1250. The molecule has 1 aliphatic rings. The lowest BCUT2D eigenvalue weighted by atomic mass is 9.80. The number of nitrogens with zero attached hydrogens (tertiary/aromatic N) is 4. The van der Waals surface area contributed by atoms with Crippen molar-refractivity contribution in [3.8, 4) is 22.6 Å². The first-order chi connectivity index (χ1) is 16.1. The maximum absolute atomic E-state index is 13.0. The van der Waals surface area contributed by atoms with Gasteiger partial charge in [0, 0.05) is 61.0 Å². The Balaban J connectivity index is 1.35. The van der Waals surface area contributed by atoms with Gasteiger partial charge in [-0.15, -0.1) is 11.3 Å². The molecule has 3 aromatic heterocycles. The van der Waals surface area contributed by atoms with Crippen LogP contribution in [-0.2, 0) is 10.2 Å². The zero-order chi connectivity index (χ0) is 22.7. The lowest BCUT2D eigenvalue weighted by Crippen LogP contribution is -2.44. The molecule has 4 heterocycles. The summed E-state index contributed by atoms with van der Waals surface area (Å²) in [6, 6.07) is 11.9. The number of hydrogen-bond acceptors (Lipinski definition) is 8. The third-order valence-corrected chi connectivity index (χ3v) is 6.94. The Morgan fingerprint density at radius 2 is 1.94 bits per heavy atom. The van der Waals surface area contributed by atoms with Crippen LogP contribution in [0.5, 0.6) is 0 Å². The molecule has 33 heavy (non-hydrogen) atoms. The quantitative estimate of drug-likeness (QED) is 0.462. The number of hydrogen-bond donors (Lipinski definition) is 1. The second kappa shape index (κ2) is 9.21. The topological polar surface area (TPSA) is 103 Å². The summed E-state index contributed by atoms with van der Waals surface area (Å²) in [7, 11) is 0. The summed E-state index contributed by atoms with van der Waals surface area (Å²) in [4.78, 5) is 26.4. The molecule has 1 fully saturated rings. The number of rotatable bonds is 6. The highest BCUT2D eigenvalue weighted by atomic mass is 32.1. The van der Waals surface area contributed by atoms with Crippen LogP contribution in [0.4, 0.5) is 0 Å². The van der Waals surface area contributed by atoms with Gasteiger partial charge in [0.15, 0.2) is 0 Å². The van der Waals surface area contributed by atoms with Crippen molar-refractivity contribution in [2.24, 2.45) is 0 Å². The monoisotopic (exact) mass is 461 g/mol. The third kappa shape index (κ3) is 4.55. The van der Waals surface area contributed by atoms with E-state index in [9.17, 15) is 4.79 Å². The molecule has 0 aliphatic carbocycles.